The molecule has 0 bridgehead atoms. The first-order chi connectivity index (χ1) is 8.88. The number of pyridine rings is 1. The molecular formula is C14H15F3N2. The van der Waals surface area contributed by atoms with Gasteiger partial charge in [-0.1, -0.05) is 13.8 Å². The fraction of sp³-hybridized carbons (Fsp3) is 0.357. The summed E-state index contributed by atoms with van der Waals surface area (Å²) in [4.78, 5) is 4.03. The average Bonchev–Trinajstić information content (AvgIpc) is 2.33. The molecule has 2 aromatic rings. The molecule has 0 atom stereocenters. The molecule has 0 aliphatic carbocycles. The summed E-state index contributed by atoms with van der Waals surface area (Å²) in [5, 5.41) is 2.88. The molecule has 1 aromatic heterocycles. The molecule has 2 nitrogen and oxygen atoms in total. The summed E-state index contributed by atoms with van der Waals surface area (Å²) in [5.41, 5.74) is 1.56. The molecule has 19 heavy (non-hydrogen) atoms. The lowest BCUT2D eigenvalue weighted by atomic mass is 9.96. The fourth-order valence-corrected chi connectivity index (χ4v) is 2.44. The average molecular weight is 268 g/mol. The predicted molar refractivity (Wildman–Crippen MR) is 70.0 cm³/mol. The Labute approximate surface area is 109 Å². The highest BCUT2D eigenvalue weighted by molar-refractivity contribution is 5.94. The third-order valence-corrected chi connectivity index (χ3v) is 3.16. The summed E-state index contributed by atoms with van der Waals surface area (Å²) in [6.45, 7) is 5.58. The normalized spacial score (nSPS) is 11.4. The first kappa shape index (κ1) is 13.6. The number of aromatic nitrogens is 1. The summed E-state index contributed by atoms with van der Waals surface area (Å²) in [7, 11) is 1.63. The van der Waals surface area contributed by atoms with E-state index in [1.807, 2.05) is 13.8 Å². The highest BCUT2D eigenvalue weighted by atomic mass is 19.2. The van der Waals surface area contributed by atoms with Crippen molar-refractivity contribution in [3.63, 3.8) is 0 Å². The molecule has 1 N–H and O–H groups in total. The van der Waals surface area contributed by atoms with Crippen LogP contribution in [0.15, 0.2) is 6.07 Å². The highest BCUT2D eigenvalue weighted by Crippen LogP contribution is 2.36. The van der Waals surface area contributed by atoms with E-state index in [4.69, 9.17) is 0 Å². The van der Waals surface area contributed by atoms with Crippen molar-refractivity contribution in [2.24, 2.45) is 0 Å². The van der Waals surface area contributed by atoms with Crippen LogP contribution in [0.1, 0.15) is 31.0 Å². The van der Waals surface area contributed by atoms with Gasteiger partial charge in [0.1, 0.15) is 11.3 Å². The van der Waals surface area contributed by atoms with Gasteiger partial charge in [-0.05, 0) is 18.4 Å². The number of nitrogens with zero attached hydrogens (tertiary/aromatic N) is 1. The third kappa shape index (κ3) is 2.03. The third-order valence-electron chi connectivity index (χ3n) is 3.16. The number of halogens is 3. The summed E-state index contributed by atoms with van der Waals surface area (Å²) in [6.07, 6.45) is 0. The van der Waals surface area contributed by atoms with Crippen molar-refractivity contribution in [3.05, 3.63) is 34.8 Å². The van der Waals surface area contributed by atoms with Crippen LogP contribution >= 0.6 is 0 Å². The van der Waals surface area contributed by atoms with Gasteiger partial charge in [-0.25, -0.2) is 18.2 Å². The van der Waals surface area contributed by atoms with Gasteiger partial charge < -0.3 is 5.32 Å². The lowest BCUT2D eigenvalue weighted by Gasteiger charge is -2.18. The molecule has 2 rings (SSSR count). The number of rotatable bonds is 2. The second kappa shape index (κ2) is 4.72. The molecule has 0 radical (unpaired) electrons. The molecular weight excluding hydrogens is 253 g/mol. The smallest absolute Gasteiger partial charge is 0.185 e. The van der Waals surface area contributed by atoms with E-state index < -0.39 is 17.5 Å². The Morgan fingerprint density at radius 2 is 1.79 bits per heavy atom. The molecule has 1 aromatic carbocycles. The number of fused-ring (bicyclic) bond motifs is 1. The largest absolute Gasteiger partial charge is 0.387 e. The minimum Gasteiger partial charge on any atom is -0.387 e. The van der Waals surface area contributed by atoms with E-state index in [9.17, 15) is 13.2 Å². The molecule has 0 aliphatic rings. The number of aryl methyl sites for hydroxylation is 1. The van der Waals surface area contributed by atoms with Crippen molar-refractivity contribution in [1.82, 2.24) is 4.98 Å². The van der Waals surface area contributed by atoms with Crippen LogP contribution in [-0.4, -0.2) is 12.0 Å². The Hall–Kier alpha value is -1.78. The number of benzene rings is 1. The second-order valence-electron chi connectivity index (χ2n) is 4.77. The van der Waals surface area contributed by atoms with Crippen LogP contribution in [0.2, 0.25) is 0 Å². The Kier molecular flexibility index (Phi) is 3.39. The van der Waals surface area contributed by atoms with Crippen molar-refractivity contribution in [3.8, 4) is 0 Å². The maximum atomic E-state index is 14.0. The quantitative estimate of drug-likeness (QED) is 0.828. The molecule has 1 heterocycles. The SMILES string of the molecule is CNc1c(C(C)C)c(C)nc2c(F)c(F)cc(F)c12. The van der Waals surface area contributed by atoms with E-state index in [1.54, 1.807) is 14.0 Å². The van der Waals surface area contributed by atoms with Crippen LogP contribution in [0.25, 0.3) is 10.9 Å². The van der Waals surface area contributed by atoms with Gasteiger partial charge in [0.15, 0.2) is 11.6 Å². The number of hydrogen-bond acceptors (Lipinski definition) is 2. The van der Waals surface area contributed by atoms with Crippen LogP contribution < -0.4 is 5.32 Å². The van der Waals surface area contributed by atoms with Gasteiger partial charge in [0.25, 0.3) is 0 Å². The molecule has 0 amide bonds. The van der Waals surface area contributed by atoms with Gasteiger partial charge >= 0.3 is 0 Å². The summed E-state index contributed by atoms with van der Waals surface area (Å²) in [5.74, 6) is -3.07. The van der Waals surface area contributed by atoms with Gasteiger partial charge in [0.05, 0.1) is 11.1 Å². The highest BCUT2D eigenvalue weighted by Gasteiger charge is 2.21. The van der Waals surface area contributed by atoms with Crippen molar-refractivity contribution >= 4 is 16.6 Å². The maximum absolute atomic E-state index is 14.0. The standard InChI is InChI=1S/C14H15F3N2/c1-6(2)10-7(3)19-14-11(13(10)18-4)8(15)5-9(16)12(14)17/h5-6H,1-4H3,(H,18,19). The molecule has 0 saturated heterocycles. The van der Waals surface area contributed by atoms with E-state index in [1.165, 1.54) is 0 Å². The Morgan fingerprint density at radius 1 is 1.16 bits per heavy atom. The molecule has 0 aliphatic heterocycles. The second-order valence-corrected chi connectivity index (χ2v) is 4.77. The fourth-order valence-electron chi connectivity index (χ4n) is 2.44. The van der Waals surface area contributed by atoms with Gasteiger partial charge in [-0.3, -0.25) is 0 Å². The van der Waals surface area contributed by atoms with Crippen molar-refractivity contribution in [1.29, 1.82) is 0 Å². The van der Waals surface area contributed by atoms with E-state index in [0.29, 0.717) is 17.4 Å². The molecule has 0 saturated carbocycles. The summed E-state index contributed by atoms with van der Waals surface area (Å²) < 4.78 is 41.0. The van der Waals surface area contributed by atoms with Gasteiger partial charge in [-0.15, -0.1) is 0 Å². The zero-order valence-electron chi connectivity index (χ0n) is 11.2. The summed E-state index contributed by atoms with van der Waals surface area (Å²) >= 11 is 0. The minimum atomic E-state index is -1.23. The predicted octanol–water partition coefficient (Wildman–Crippen LogP) is 4.13. The maximum Gasteiger partial charge on any atom is 0.185 e. The van der Waals surface area contributed by atoms with Crippen molar-refractivity contribution in [2.45, 2.75) is 26.7 Å². The molecule has 102 valence electrons. The van der Waals surface area contributed by atoms with E-state index in [0.717, 1.165) is 5.56 Å². The monoisotopic (exact) mass is 268 g/mol. The Balaban J connectivity index is 3.02. The van der Waals surface area contributed by atoms with Crippen molar-refractivity contribution < 1.29 is 13.2 Å². The number of hydrogen-bond donors (Lipinski definition) is 1. The Bertz CT molecular complexity index is 651. The minimum absolute atomic E-state index is 0.00398. The van der Waals surface area contributed by atoms with E-state index in [2.05, 4.69) is 10.3 Å². The zero-order valence-corrected chi connectivity index (χ0v) is 11.2. The zero-order chi connectivity index (χ0) is 14.3. The number of nitrogens with one attached hydrogen (secondary N) is 1. The van der Waals surface area contributed by atoms with Crippen LogP contribution in [-0.2, 0) is 0 Å². The van der Waals surface area contributed by atoms with Gasteiger partial charge in [0.2, 0.25) is 0 Å². The first-order valence-corrected chi connectivity index (χ1v) is 6.03. The van der Waals surface area contributed by atoms with Crippen molar-refractivity contribution in [2.75, 3.05) is 12.4 Å². The topological polar surface area (TPSA) is 24.9 Å². The van der Waals surface area contributed by atoms with Crippen LogP contribution in [0, 0.1) is 24.4 Å². The van der Waals surface area contributed by atoms with Crippen LogP contribution in [0.4, 0.5) is 18.9 Å². The van der Waals surface area contributed by atoms with Crippen LogP contribution in [0.3, 0.4) is 0 Å². The molecule has 5 heteroatoms. The van der Waals surface area contributed by atoms with E-state index in [-0.39, 0.29) is 16.8 Å². The lowest BCUT2D eigenvalue weighted by Crippen LogP contribution is -2.06. The Morgan fingerprint density at radius 3 is 2.32 bits per heavy atom. The molecule has 0 unspecified atom stereocenters. The van der Waals surface area contributed by atoms with Gasteiger partial charge in [-0.2, -0.15) is 0 Å². The first-order valence-electron chi connectivity index (χ1n) is 6.03. The number of anilines is 1. The molecule has 0 spiro atoms. The summed E-state index contributed by atoms with van der Waals surface area (Å²) in [6, 6.07) is 0.555. The lowest BCUT2D eigenvalue weighted by molar-refractivity contribution is 0.504. The van der Waals surface area contributed by atoms with Crippen LogP contribution in [0.5, 0.6) is 0 Å². The van der Waals surface area contributed by atoms with Gasteiger partial charge in [0, 0.05) is 18.8 Å². The van der Waals surface area contributed by atoms with E-state index >= 15 is 0 Å². The molecule has 0 fully saturated rings.